The van der Waals surface area contributed by atoms with Crippen molar-refractivity contribution in [3.63, 3.8) is 0 Å². The van der Waals surface area contributed by atoms with Crippen LogP contribution in [0.2, 0.25) is 10.0 Å². The summed E-state index contributed by atoms with van der Waals surface area (Å²) < 4.78 is 70.1. The second-order valence-electron chi connectivity index (χ2n) is 9.07. The van der Waals surface area contributed by atoms with E-state index >= 15 is 0 Å². The van der Waals surface area contributed by atoms with Gasteiger partial charge in [0.05, 0.1) is 29.7 Å². The van der Waals surface area contributed by atoms with E-state index in [2.05, 4.69) is 13.8 Å². The molecular formula is C26H24Cl2F3N3O4S. The summed E-state index contributed by atoms with van der Waals surface area (Å²) in [6.45, 7) is 0.366. The lowest BCUT2D eigenvalue weighted by Crippen LogP contribution is -2.48. The van der Waals surface area contributed by atoms with Gasteiger partial charge in [0, 0.05) is 45.5 Å². The fourth-order valence-corrected chi connectivity index (χ4v) is 6.87. The Labute approximate surface area is 232 Å². The number of fused-ring (bicyclic) bond motifs is 3. The average Bonchev–Trinajstić information content (AvgIpc) is 3.08. The first-order valence-electron chi connectivity index (χ1n) is 11.9. The first kappa shape index (κ1) is 28.0. The molecule has 2 N–H and O–H groups in total. The molecule has 13 heteroatoms. The Bertz CT molecular complexity index is 1580. The highest BCUT2D eigenvalue weighted by Crippen LogP contribution is 2.38. The van der Waals surface area contributed by atoms with E-state index in [0.717, 1.165) is 33.9 Å². The third-order valence-electron chi connectivity index (χ3n) is 6.66. The smallest absolute Gasteiger partial charge is 0.406 e. The van der Waals surface area contributed by atoms with Crippen molar-refractivity contribution in [2.24, 2.45) is 4.36 Å². The highest BCUT2D eigenvalue weighted by Gasteiger charge is 2.36. The van der Waals surface area contributed by atoms with Crippen LogP contribution in [0.5, 0.6) is 5.75 Å². The molecule has 1 aliphatic rings. The number of benzene rings is 3. The number of aliphatic hydroxyl groups is 1. The summed E-state index contributed by atoms with van der Waals surface area (Å²) >= 11 is 12.6. The van der Waals surface area contributed by atoms with Crippen LogP contribution < -0.4 is 9.46 Å². The fourth-order valence-electron chi connectivity index (χ4n) is 4.95. The molecule has 2 heterocycles. The van der Waals surface area contributed by atoms with Gasteiger partial charge in [-0.05, 0) is 67.1 Å². The van der Waals surface area contributed by atoms with Gasteiger partial charge >= 0.3 is 6.36 Å². The number of hydrogen-bond donors (Lipinski definition) is 2. The van der Waals surface area contributed by atoms with E-state index < -0.39 is 40.2 Å². The van der Waals surface area contributed by atoms with Crippen molar-refractivity contribution in [1.82, 2.24) is 9.29 Å². The highest BCUT2D eigenvalue weighted by molar-refractivity contribution is 7.91. The molecule has 0 spiro atoms. The summed E-state index contributed by atoms with van der Waals surface area (Å²) in [5.41, 5.74) is 1.67. The summed E-state index contributed by atoms with van der Waals surface area (Å²) in [6, 6.07) is 14.3. The minimum Gasteiger partial charge on any atom is -0.406 e. The maximum absolute atomic E-state index is 13.8. The zero-order chi connectivity index (χ0) is 27.9. The van der Waals surface area contributed by atoms with Crippen LogP contribution in [0.1, 0.15) is 12.5 Å². The van der Waals surface area contributed by atoms with Crippen LogP contribution in [0.4, 0.5) is 13.2 Å². The number of aromatic nitrogens is 1. The van der Waals surface area contributed by atoms with Crippen molar-refractivity contribution in [3.05, 3.63) is 70.7 Å². The molecule has 1 unspecified atom stereocenters. The number of hydrogen-bond acceptors (Lipinski definition) is 5. The van der Waals surface area contributed by atoms with Gasteiger partial charge in [-0.1, -0.05) is 23.2 Å². The summed E-state index contributed by atoms with van der Waals surface area (Å²) in [5.74, 6) is -0.450. The van der Waals surface area contributed by atoms with E-state index in [9.17, 15) is 22.5 Å². The third-order valence-corrected chi connectivity index (χ3v) is 9.18. The van der Waals surface area contributed by atoms with Gasteiger partial charge in [-0.2, -0.15) is 0 Å². The zero-order valence-corrected chi connectivity index (χ0v) is 22.8. The third kappa shape index (κ3) is 5.70. The molecule has 39 heavy (non-hydrogen) atoms. The molecule has 1 aromatic heterocycles. The predicted molar refractivity (Wildman–Crippen MR) is 145 cm³/mol. The maximum atomic E-state index is 13.8. The molecule has 208 valence electrons. The minimum atomic E-state index is -4.85. The topological polar surface area (TPSA) is 85.1 Å². The predicted octanol–water partition coefficient (Wildman–Crippen LogP) is 6.35. The lowest BCUT2D eigenvalue weighted by Gasteiger charge is -2.30. The normalized spacial score (nSPS) is 22.0. The van der Waals surface area contributed by atoms with Gasteiger partial charge in [0.15, 0.2) is 0 Å². The van der Waals surface area contributed by atoms with Crippen molar-refractivity contribution in [2.45, 2.75) is 35.9 Å². The van der Waals surface area contributed by atoms with Gasteiger partial charge in [-0.25, -0.2) is 13.3 Å². The minimum absolute atomic E-state index is 0.0359. The molecule has 1 saturated heterocycles. The van der Waals surface area contributed by atoms with Gasteiger partial charge in [0.2, 0.25) is 0 Å². The van der Waals surface area contributed by atoms with Crippen molar-refractivity contribution in [1.29, 1.82) is 0 Å². The van der Waals surface area contributed by atoms with Gasteiger partial charge in [0.1, 0.15) is 15.7 Å². The van der Waals surface area contributed by atoms with Crippen molar-refractivity contribution in [3.8, 4) is 5.75 Å². The van der Waals surface area contributed by atoms with E-state index in [-0.39, 0.29) is 11.5 Å². The number of aliphatic hydroxyl groups excluding tert-OH is 1. The van der Waals surface area contributed by atoms with Gasteiger partial charge in [0.25, 0.3) is 0 Å². The van der Waals surface area contributed by atoms with Crippen LogP contribution in [-0.2, 0) is 14.7 Å². The molecule has 0 bridgehead atoms. The molecule has 0 amide bonds. The Morgan fingerprint density at radius 1 is 1.05 bits per heavy atom. The monoisotopic (exact) mass is 601 g/mol. The molecule has 4 atom stereocenters. The maximum Gasteiger partial charge on any atom is 0.573 e. The number of ether oxygens (including phenoxy) is 2. The second kappa shape index (κ2) is 10.8. The highest BCUT2D eigenvalue weighted by atomic mass is 35.5. The molecule has 0 radical (unpaired) electrons. The van der Waals surface area contributed by atoms with Gasteiger partial charge in [-0.3, -0.25) is 0 Å². The van der Waals surface area contributed by atoms with E-state index in [1.807, 2.05) is 28.8 Å². The molecule has 4 aromatic rings. The van der Waals surface area contributed by atoms with E-state index in [1.54, 1.807) is 12.1 Å². The molecule has 1 aliphatic heterocycles. The molecule has 5 rings (SSSR count). The quantitative estimate of drug-likeness (QED) is 0.279. The summed E-state index contributed by atoms with van der Waals surface area (Å²) in [7, 11) is -2.02. The summed E-state index contributed by atoms with van der Waals surface area (Å²) in [5, 5.41) is 14.5. The van der Waals surface area contributed by atoms with Crippen LogP contribution in [0.25, 0.3) is 21.8 Å². The van der Waals surface area contributed by atoms with Crippen molar-refractivity contribution >= 4 is 54.9 Å². The molecule has 0 aliphatic carbocycles. The number of nitrogens with zero attached hydrogens (tertiary/aromatic N) is 2. The van der Waals surface area contributed by atoms with Gasteiger partial charge in [-0.15, -0.1) is 13.2 Å². The lowest BCUT2D eigenvalue weighted by molar-refractivity contribution is -0.274. The van der Waals surface area contributed by atoms with Crippen molar-refractivity contribution < 1.29 is 32.0 Å². The lowest BCUT2D eigenvalue weighted by atomic mass is 10.0. The van der Waals surface area contributed by atoms with Gasteiger partial charge < -0.3 is 19.1 Å². The fraction of sp³-hybridized carbons (Fsp3) is 0.308. The average molecular weight is 602 g/mol. The van der Waals surface area contributed by atoms with Crippen molar-refractivity contribution in [2.75, 3.05) is 20.3 Å². The summed E-state index contributed by atoms with van der Waals surface area (Å²) in [4.78, 5) is 0.133. The van der Waals surface area contributed by atoms with Crippen LogP contribution >= 0.6 is 23.2 Å². The summed E-state index contributed by atoms with van der Waals surface area (Å²) in [6.07, 6.45) is -5.47. The first-order chi connectivity index (χ1) is 18.5. The SMILES string of the molecule is CN=S(=O)(N[C@H]1COCC[C@@H](n2c3ccc(Cl)cc3c3cc(Cl)ccc32)[C@H]1O)c1ccc(OC(F)(F)F)cc1. The Kier molecular flexibility index (Phi) is 7.75. The second-order valence-corrected chi connectivity index (χ2v) is 12.1. The Balaban J connectivity index is 1.51. The largest absolute Gasteiger partial charge is 0.573 e. The number of rotatable bonds is 5. The molecular weight excluding hydrogens is 578 g/mol. The van der Waals surface area contributed by atoms with Crippen LogP contribution in [0.15, 0.2) is 69.9 Å². The van der Waals surface area contributed by atoms with E-state index in [0.29, 0.717) is 23.1 Å². The molecule has 3 aromatic carbocycles. The Morgan fingerprint density at radius 3 is 2.18 bits per heavy atom. The standard InChI is InChI=1S/C26H24Cl2F3N3O4S/c1-32-39(36,18-6-4-17(5-7-18)38-26(29,30)31)33-21-14-37-11-10-24(25(21)35)34-22-8-2-15(27)12-19(22)20-13-16(28)3-9-23(20)34/h2-9,12-13,21,24-25,35H,10-11,14H2,1H3,(H,32,33,36)/t21-,24+,25-,39?/m0/s1. The molecule has 1 fully saturated rings. The van der Waals surface area contributed by atoms with Crippen LogP contribution in [-0.4, -0.2) is 52.7 Å². The Hall–Kier alpha value is -2.54. The van der Waals surface area contributed by atoms with Crippen LogP contribution in [0, 0.1) is 0 Å². The molecule has 0 saturated carbocycles. The molecule has 7 nitrogen and oxygen atoms in total. The zero-order valence-electron chi connectivity index (χ0n) is 20.5. The van der Waals surface area contributed by atoms with E-state index in [4.69, 9.17) is 27.9 Å². The first-order valence-corrected chi connectivity index (χ1v) is 14.2. The van der Waals surface area contributed by atoms with E-state index in [1.165, 1.54) is 19.2 Å². The number of nitrogens with one attached hydrogen (secondary N) is 1. The Morgan fingerprint density at radius 2 is 1.64 bits per heavy atom. The number of halogens is 5. The van der Waals surface area contributed by atoms with Crippen LogP contribution in [0.3, 0.4) is 0 Å². The number of alkyl halides is 3.